The Bertz CT molecular complexity index is 568. The van der Waals surface area contributed by atoms with Crippen LogP contribution >= 0.6 is 0 Å². The molecule has 21 heavy (non-hydrogen) atoms. The molecule has 0 aliphatic heterocycles. The van der Waals surface area contributed by atoms with E-state index in [-0.39, 0.29) is 5.97 Å². The predicted octanol–water partition coefficient (Wildman–Crippen LogP) is 1.25. The average molecular weight is 288 g/mol. The lowest BCUT2D eigenvalue weighted by Crippen LogP contribution is -2.32. The molecule has 0 aliphatic carbocycles. The smallest absolute Gasteiger partial charge is 0.327 e. The van der Waals surface area contributed by atoms with E-state index in [0.717, 1.165) is 11.4 Å². The zero-order chi connectivity index (χ0) is 15.1. The zero-order valence-electron chi connectivity index (χ0n) is 12.3. The van der Waals surface area contributed by atoms with Crippen LogP contribution < -0.4 is 5.32 Å². The topological polar surface area (TPSA) is 69.0 Å². The summed E-state index contributed by atoms with van der Waals surface area (Å²) in [5, 5.41) is 11.1. The Balaban J connectivity index is 1.99. The van der Waals surface area contributed by atoms with Gasteiger partial charge < -0.3 is 14.6 Å². The summed E-state index contributed by atoms with van der Waals surface area (Å²) in [6.45, 7) is 2.79. The van der Waals surface area contributed by atoms with Gasteiger partial charge in [-0.1, -0.05) is 30.3 Å². The number of carbonyl (C=O) groups is 1. The molecule has 0 saturated carbocycles. The number of benzene rings is 1. The molecule has 112 valence electrons. The fourth-order valence-corrected chi connectivity index (χ4v) is 2.07. The zero-order valence-corrected chi connectivity index (χ0v) is 12.3. The molecule has 0 fully saturated rings. The van der Waals surface area contributed by atoms with Crippen molar-refractivity contribution >= 4 is 5.97 Å². The molecule has 0 spiro atoms. The van der Waals surface area contributed by atoms with Crippen molar-refractivity contribution in [1.29, 1.82) is 0 Å². The standard InChI is InChI=1S/C15H20N4O2/c1-3-21-15(20)14(12-7-5-4-6-8-12)16-10-9-13-18-17-11-19(13)2/h4-8,11,14,16H,3,9-10H2,1-2H3. The summed E-state index contributed by atoms with van der Waals surface area (Å²) in [5.41, 5.74) is 0.897. The molecule has 2 rings (SSSR count). The molecule has 1 aromatic heterocycles. The number of nitrogens with zero attached hydrogens (tertiary/aromatic N) is 3. The quantitative estimate of drug-likeness (QED) is 0.777. The van der Waals surface area contributed by atoms with Crippen LogP contribution in [0.1, 0.15) is 24.4 Å². The summed E-state index contributed by atoms with van der Waals surface area (Å²) in [7, 11) is 1.90. The fourth-order valence-electron chi connectivity index (χ4n) is 2.07. The summed E-state index contributed by atoms with van der Waals surface area (Å²) in [6, 6.07) is 9.11. The van der Waals surface area contributed by atoms with Gasteiger partial charge in [0.15, 0.2) is 0 Å². The Morgan fingerprint density at radius 1 is 1.38 bits per heavy atom. The maximum Gasteiger partial charge on any atom is 0.327 e. The van der Waals surface area contributed by atoms with E-state index in [4.69, 9.17) is 4.74 Å². The maximum atomic E-state index is 12.1. The minimum absolute atomic E-state index is 0.262. The number of hydrogen-bond acceptors (Lipinski definition) is 5. The van der Waals surface area contributed by atoms with Crippen LogP contribution in [0, 0.1) is 0 Å². The van der Waals surface area contributed by atoms with E-state index >= 15 is 0 Å². The highest BCUT2D eigenvalue weighted by atomic mass is 16.5. The first-order valence-corrected chi connectivity index (χ1v) is 7.00. The first kappa shape index (κ1) is 15.2. The van der Waals surface area contributed by atoms with Crippen molar-refractivity contribution < 1.29 is 9.53 Å². The third kappa shape index (κ3) is 4.13. The van der Waals surface area contributed by atoms with Gasteiger partial charge in [0.1, 0.15) is 18.2 Å². The van der Waals surface area contributed by atoms with Crippen LogP contribution in [-0.2, 0) is 23.0 Å². The highest BCUT2D eigenvalue weighted by molar-refractivity contribution is 5.77. The monoisotopic (exact) mass is 288 g/mol. The summed E-state index contributed by atoms with van der Waals surface area (Å²) in [6.07, 6.45) is 2.36. The second-order valence-corrected chi connectivity index (χ2v) is 4.66. The molecular formula is C15H20N4O2. The van der Waals surface area contributed by atoms with Gasteiger partial charge in [-0.2, -0.15) is 0 Å². The predicted molar refractivity (Wildman–Crippen MR) is 78.5 cm³/mol. The highest BCUT2D eigenvalue weighted by Crippen LogP contribution is 2.14. The summed E-state index contributed by atoms with van der Waals surface area (Å²) in [4.78, 5) is 12.1. The third-order valence-electron chi connectivity index (χ3n) is 3.16. The van der Waals surface area contributed by atoms with Gasteiger partial charge >= 0.3 is 5.97 Å². The molecule has 1 unspecified atom stereocenters. The van der Waals surface area contributed by atoms with Crippen molar-refractivity contribution in [3.63, 3.8) is 0 Å². The Labute approximate surface area is 124 Å². The minimum Gasteiger partial charge on any atom is -0.465 e. The number of aromatic nitrogens is 3. The molecule has 0 aliphatic rings. The van der Waals surface area contributed by atoms with Crippen molar-refractivity contribution in [2.24, 2.45) is 7.05 Å². The van der Waals surface area contributed by atoms with Crippen LogP contribution in [0.25, 0.3) is 0 Å². The maximum absolute atomic E-state index is 12.1. The van der Waals surface area contributed by atoms with Gasteiger partial charge in [0.2, 0.25) is 0 Å². The third-order valence-corrected chi connectivity index (χ3v) is 3.16. The van der Waals surface area contributed by atoms with Crippen molar-refractivity contribution in [2.45, 2.75) is 19.4 Å². The molecule has 0 bridgehead atoms. The number of hydrogen-bond donors (Lipinski definition) is 1. The van der Waals surface area contributed by atoms with Gasteiger partial charge in [-0.25, -0.2) is 4.79 Å². The largest absolute Gasteiger partial charge is 0.465 e. The van der Waals surface area contributed by atoms with E-state index in [9.17, 15) is 4.79 Å². The normalized spacial score (nSPS) is 12.1. The van der Waals surface area contributed by atoms with Gasteiger partial charge in [0.05, 0.1) is 6.61 Å². The molecule has 0 amide bonds. The number of ether oxygens (including phenoxy) is 1. The molecule has 0 saturated heterocycles. The molecule has 1 heterocycles. The molecule has 0 radical (unpaired) electrons. The Kier molecular flexibility index (Phi) is 5.45. The first-order chi connectivity index (χ1) is 10.2. The van der Waals surface area contributed by atoms with Crippen molar-refractivity contribution in [2.75, 3.05) is 13.2 Å². The Morgan fingerprint density at radius 2 is 2.14 bits per heavy atom. The van der Waals surface area contributed by atoms with Crippen molar-refractivity contribution in [3.05, 3.63) is 48.0 Å². The summed E-state index contributed by atoms with van der Waals surface area (Å²) in [5.74, 6) is 0.611. The molecule has 6 nitrogen and oxygen atoms in total. The lowest BCUT2D eigenvalue weighted by atomic mass is 10.1. The van der Waals surface area contributed by atoms with Crippen LogP contribution in [0.3, 0.4) is 0 Å². The second kappa shape index (κ2) is 7.54. The number of carbonyl (C=O) groups excluding carboxylic acids is 1. The van der Waals surface area contributed by atoms with E-state index < -0.39 is 6.04 Å². The van der Waals surface area contributed by atoms with E-state index in [1.165, 1.54) is 0 Å². The van der Waals surface area contributed by atoms with Crippen molar-refractivity contribution in [1.82, 2.24) is 20.1 Å². The number of nitrogens with one attached hydrogen (secondary N) is 1. The van der Waals surface area contributed by atoms with E-state index in [2.05, 4.69) is 15.5 Å². The van der Waals surface area contributed by atoms with Gasteiger partial charge in [0, 0.05) is 20.0 Å². The van der Waals surface area contributed by atoms with Gasteiger partial charge in [-0.15, -0.1) is 10.2 Å². The molecule has 2 aromatic rings. The van der Waals surface area contributed by atoms with Gasteiger partial charge in [-0.05, 0) is 12.5 Å². The molecule has 6 heteroatoms. The minimum atomic E-state index is -0.459. The summed E-state index contributed by atoms with van der Waals surface area (Å²) < 4.78 is 7.00. The van der Waals surface area contributed by atoms with E-state index in [0.29, 0.717) is 19.6 Å². The van der Waals surface area contributed by atoms with Crippen molar-refractivity contribution in [3.8, 4) is 0 Å². The lowest BCUT2D eigenvalue weighted by Gasteiger charge is -2.17. The SMILES string of the molecule is CCOC(=O)C(NCCc1nncn1C)c1ccccc1. The lowest BCUT2D eigenvalue weighted by molar-refractivity contribution is -0.145. The van der Waals surface area contributed by atoms with E-state index in [1.54, 1.807) is 13.3 Å². The highest BCUT2D eigenvalue weighted by Gasteiger charge is 2.21. The Morgan fingerprint density at radius 3 is 2.76 bits per heavy atom. The molecule has 1 atom stereocenters. The van der Waals surface area contributed by atoms with Crippen LogP contribution in [0.4, 0.5) is 0 Å². The first-order valence-electron chi connectivity index (χ1n) is 7.00. The average Bonchev–Trinajstić information content (AvgIpc) is 2.90. The van der Waals surface area contributed by atoms with Crippen LogP contribution in [-0.4, -0.2) is 33.9 Å². The molecule has 1 N–H and O–H groups in total. The molecule has 1 aromatic carbocycles. The number of rotatable bonds is 7. The second-order valence-electron chi connectivity index (χ2n) is 4.66. The fraction of sp³-hybridized carbons (Fsp3) is 0.400. The molecular weight excluding hydrogens is 268 g/mol. The van der Waals surface area contributed by atoms with Gasteiger partial charge in [0.25, 0.3) is 0 Å². The number of esters is 1. The number of aryl methyl sites for hydroxylation is 1. The van der Waals surface area contributed by atoms with Gasteiger partial charge in [-0.3, -0.25) is 0 Å². The Hall–Kier alpha value is -2.21. The van der Waals surface area contributed by atoms with E-state index in [1.807, 2.05) is 41.9 Å². The van der Waals surface area contributed by atoms with Crippen LogP contribution in [0.15, 0.2) is 36.7 Å². The van der Waals surface area contributed by atoms with Crippen LogP contribution in [0.2, 0.25) is 0 Å². The van der Waals surface area contributed by atoms with Crippen LogP contribution in [0.5, 0.6) is 0 Å². The summed E-state index contributed by atoms with van der Waals surface area (Å²) >= 11 is 0.